The molecule has 0 aliphatic carbocycles. The van der Waals surface area contributed by atoms with E-state index in [0.29, 0.717) is 0 Å². The molecule has 0 rings (SSSR count). The molecule has 0 heterocycles. The van der Waals surface area contributed by atoms with Gasteiger partial charge in [0.25, 0.3) is 0 Å². The van der Waals surface area contributed by atoms with Crippen molar-refractivity contribution in [3.63, 3.8) is 0 Å². The molecular formula is C55H107NOS. The maximum Gasteiger partial charge on any atom is 0.160 e. The Labute approximate surface area is 372 Å². The first-order valence-corrected chi connectivity index (χ1v) is 27.3. The summed E-state index contributed by atoms with van der Waals surface area (Å²) in [4.78, 5) is 0. The van der Waals surface area contributed by atoms with Crippen molar-refractivity contribution in [2.24, 2.45) is 5.73 Å². The summed E-state index contributed by atoms with van der Waals surface area (Å²) < 4.78 is 6.52. The molecular weight excluding hydrogens is 723 g/mol. The Morgan fingerprint density at radius 3 is 0.948 bits per heavy atom. The van der Waals surface area contributed by atoms with E-state index in [2.05, 4.69) is 45.1 Å². The first-order chi connectivity index (χ1) is 28.7. The number of unbranched alkanes of at least 4 members (excludes halogenated alkanes) is 37. The lowest BCUT2D eigenvalue weighted by atomic mass is 9.97. The van der Waals surface area contributed by atoms with Crippen LogP contribution in [0.4, 0.5) is 0 Å². The van der Waals surface area contributed by atoms with Crippen LogP contribution in [-0.2, 0) is 4.74 Å². The van der Waals surface area contributed by atoms with Crippen LogP contribution in [0.25, 0.3) is 0 Å². The van der Waals surface area contributed by atoms with E-state index in [9.17, 15) is 0 Å². The zero-order valence-electron chi connectivity index (χ0n) is 40.2. The summed E-state index contributed by atoms with van der Waals surface area (Å²) in [5, 5.41) is 0.825. The monoisotopic (exact) mass is 830 g/mol. The molecule has 2 nitrogen and oxygen atoms in total. The summed E-state index contributed by atoms with van der Waals surface area (Å²) in [5.41, 5.74) is 6.88. The van der Waals surface area contributed by atoms with Crippen LogP contribution in [0, 0.1) is 0 Å². The predicted octanol–water partition coefficient (Wildman–Crippen LogP) is 19.8. The highest BCUT2D eigenvalue weighted by Gasteiger charge is 2.20. The van der Waals surface area contributed by atoms with Crippen molar-refractivity contribution < 1.29 is 4.74 Å². The van der Waals surface area contributed by atoms with Crippen LogP contribution in [-0.4, -0.2) is 17.2 Å². The van der Waals surface area contributed by atoms with Crippen molar-refractivity contribution in [2.45, 2.75) is 322 Å². The van der Waals surface area contributed by atoms with Crippen LogP contribution >= 0.6 is 12.2 Å². The Kier molecular flexibility index (Phi) is 50.1. The molecule has 2 atom stereocenters. The van der Waals surface area contributed by atoms with Crippen LogP contribution in [0.15, 0.2) is 24.3 Å². The molecule has 58 heavy (non-hydrogen) atoms. The SMILES string of the molecule is CCCCCCCCC=CCCCCCCCCCC(OC(=S)CCCCCCCCCCCCCCC)C(N)CCCCCCCCC=CCCCCCCCC. The van der Waals surface area contributed by atoms with E-state index in [1.54, 1.807) is 0 Å². The minimum Gasteiger partial charge on any atom is -0.482 e. The molecule has 0 saturated carbocycles. The minimum atomic E-state index is 0.0979. The molecule has 2 unspecified atom stereocenters. The van der Waals surface area contributed by atoms with E-state index in [4.69, 9.17) is 22.7 Å². The molecule has 0 radical (unpaired) electrons. The Morgan fingerprint density at radius 2 is 0.621 bits per heavy atom. The van der Waals surface area contributed by atoms with Gasteiger partial charge in [-0.05, 0) is 89.3 Å². The van der Waals surface area contributed by atoms with Crippen LogP contribution < -0.4 is 5.73 Å². The lowest BCUT2D eigenvalue weighted by Gasteiger charge is -2.26. The van der Waals surface area contributed by atoms with Gasteiger partial charge in [-0.15, -0.1) is 0 Å². The van der Waals surface area contributed by atoms with Gasteiger partial charge in [-0.2, -0.15) is 0 Å². The lowest BCUT2D eigenvalue weighted by molar-refractivity contribution is 0.139. The minimum absolute atomic E-state index is 0.0979. The van der Waals surface area contributed by atoms with Crippen LogP contribution in [0.2, 0.25) is 0 Å². The van der Waals surface area contributed by atoms with Crippen molar-refractivity contribution in [1.82, 2.24) is 0 Å². The van der Waals surface area contributed by atoms with Crippen LogP contribution in [0.1, 0.15) is 310 Å². The molecule has 0 aromatic heterocycles. The average Bonchev–Trinajstić information content (AvgIpc) is 3.22. The largest absolute Gasteiger partial charge is 0.482 e. The lowest BCUT2D eigenvalue weighted by Crippen LogP contribution is -2.38. The number of rotatable bonds is 49. The molecule has 0 saturated heterocycles. The zero-order valence-corrected chi connectivity index (χ0v) is 41.0. The van der Waals surface area contributed by atoms with E-state index < -0.39 is 0 Å². The number of hydrogen-bond acceptors (Lipinski definition) is 3. The van der Waals surface area contributed by atoms with E-state index >= 15 is 0 Å². The quantitative estimate of drug-likeness (QED) is 0.0377. The first-order valence-electron chi connectivity index (χ1n) is 26.9. The normalized spacial score (nSPS) is 13.0. The van der Waals surface area contributed by atoms with Crippen molar-refractivity contribution in [1.29, 1.82) is 0 Å². The Bertz CT molecular complexity index is 838. The highest BCUT2D eigenvalue weighted by Crippen LogP contribution is 2.20. The topological polar surface area (TPSA) is 35.2 Å². The fraction of sp³-hybridized carbons (Fsp3) is 0.909. The van der Waals surface area contributed by atoms with Gasteiger partial charge in [0.2, 0.25) is 0 Å². The third-order valence-corrected chi connectivity index (χ3v) is 12.8. The molecule has 0 amide bonds. The van der Waals surface area contributed by atoms with E-state index in [0.717, 1.165) is 24.3 Å². The van der Waals surface area contributed by atoms with E-state index in [-0.39, 0.29) is 12.1 Å². The summed E-state index contributed by atoms with van der Waals surface area (Å²) in [6.07, 6.45) is 70.0. The van der Waals surface area contributed by atoms with Gasteiger partial charge in [0.1, 0.15) is 6.10 Å². The van der Waals surface area contributed by atoms with Crippen molar-refractivity contribution in [2.75, 3.05) is 0 Å². The summed E-state index contributed by atoms with van der Waals surface area (Å²) in [6.45, 7) is 6.89. The summed E-state index contributed by atoms with van der Waals surface area (Å²) in [7, 11) is 0. The molecule has 0 bridgehead atoms. The standard InChI is InChI=1S/C55H107NOS/c1-4-7-10-13-16-19-22-25-27-29-31-34-36-39-42-45-48-51-54(57-55(58)52-49-46-43-40-37-32-24-21-18-15-12-9-6-3)53(56)50-47-44-41-38-35-33-30-28-26-23-20-17-14-11-8-5-2/h25-28,53-54H,4-24,29-52,56H2,1-3H3. The van der Waals surface area contributed by atoms with Crippen molar-refractivity contribution >= 4 is 17.3 Å². The van der Waals surface area contributed by atoms with Crippen LogP contribution in [0.5, 0.6) is 0 Å². The smallest absolute Gasteiger partial charge is 0.160 e. The Morgan fingerprint density at radius 1 is 0.362 bits per heavy atom. The summed E-state index contributed by atoms with van der Waals surface area (Å²) in [5.74, 6) is 0. The fourth-order valence-electron chi connectivity index (χ4n) is 8.46. The Balaban J connectivity index is 4.26. The molecule has 0 spiro atoms. The second-order valence-corrected chi connectivity index (χ2v) is 18.9. The molecule has 0 fully saturated rings. The zero-order chi connectivity index (χ0) is 42.1. The fourth-order valence-corrected chi connectivity index (χ4v) is 8.73. The molecule has 0 aliphatic rings. The number of ether oxygens (including phenoxy) is 1. The highest BCUT2D eigenvalue weighted by atomic mass is 32.1. The average molecular weight is 831 g/mol. The maximum absolute atomic E-state index is 6.88. The molecule has 0 aromatic carbocycles. The molecule has 0 aliphatic heterocycles. The van der Waals surface area contributed by atoms with Gasteiger partial charge in [-0.1, -0.05) is 251 Å². The molecule has 344 valence electrons. The molecule has 0 aromatic rings. The number of nitrogens with two attached hydrogens (primary N) is 1. The highest BCUT2D eigenvalue weighted by molar-refractivity contribution is 7.80. The van der Waals surface area contributed by atoms with Gasteiger partial charge in [-0.3, -0.25) is 0 Å². The third kappa shape index (κ3) is 46.4. The second kappa shape index (κ2) is 50.7. The number of allylic oxidation sites excluding steroid dienone is 4. The summed E-state index contributed by atoms with van der Waals surface area (Å²) >= 11 is 5.82. The van der Waals surface area contributed by atoms with E-state index in [1.165, 1.54) is 270 Å². The summed E-state index contributed by atoms with van der Waals surface area (Å²) in [6, 6.07) is 0.107. The number of thiocarbonyl (C=S) groups is 1. The van der Waals surface area contributed by atoms with Crippen molar-refractivity contribution in [3.8, 4) is 0 Å². The maximum atomic E-state index is 6.88. The van der Waals surface area contributed by atoms with Gasteiger partial charge in [0.05, 0.1) is 0 Å². The number of hydrogen-bond donors (Lipinski definition) is 1. The Hall–Kier alpha value is -0.670. The van der Waals surface area contributed by atoms with Gasteiger partial charge >= 0.3 is 0 Å². The van der Waals surface area contributed by atoms with E-state index in [1.807, 2.05) is 0 Å². The van der Waals surface area contributed by atoms with Gasteiger partial charge in [0.15, 0.2) is 5.05 Å². The van der Waals surface area contributed by atoms with Crippen LogP contribution in [0.3, 0.4) is 0 Å². The van der Waals surface area contributed by atoms with Crippen molar-refractivity contribution in [3.05, 3.63) is 24.3 Å². The van der Waals surface area contributed by atoms with Gasteiger partial charge in [0, 0.05) is 12.5 Å². The van der Waals surface area contributed by atoms with Gasteiger partial charge in [-0.25, -0.2) is 0 Å². The van der Waals surface area contributed by atoms with Gasteiger partial charge < -0.3 is 10.5 Å². The third-order valence-electron chi connectivity index (χ3n) is 12.5. The molecule has 3 heteroatoms. The second-order valence-electron chi connectivity index (χ2n) is 18.5. The first kappa shape index (κ1) is 57.3. The predicted molar refractivity (Wildman–Crippen MR) is 269 cm³/mol. The molecule has 2 N–H and O–H groups in total.